The molecule has 1 saturated carbocycles. The summed E-state index contributed by atoms with van der Waals surface area (Å²) in [6, 6.07) is 2.26. The number of aldehydes is 1. The molecule has 15 heavy (non-hydrogen) atoms. The molecule has 0 amide bonds. The summed E-state index contributed by atoms with van der Waals surface area (Å²) in [5, 5.41) is 19.5. The molecule has 0 aromatic rings. The van der Waals surface area contributed by atoms with Gasteiger partial charge in [0.25, 0.3) is 0 Å². The van der Waals surface area contributed by atoms with Gasteiger partial charge in [-0.2, -0.15) is 5.26 Å². The Balaban J connectivity index is 2.88. The molecule has 3 heteroatoms. The molecule has 1 fully saturated rings. The molecular formula is C12H19NO2. The monoisotopic (exact) mass is 209 g/mol. The zero-order valence-corrected chi connectivity index (χ0v) is 9.49. The highest BCUT2D eigenvalue weighted by atomic mass is 16.3. The van der Waals surface area contributed by atoms with Gasteiger partial charge in [-0.25, -0.2) is 0 Å². The van der Waals surface area contributed by atoms with Gasteiger partial charge in [-0.1, -0.05) is 13.3 Å². The van der Waals surface area contributed by atoms with Crippen LogP contribution in [-0.2, 0) is 4.79 Å². The molecule has 0 bridgehead atoms. The fourth-order valence-corrected chi connectivity index (χ4v) is 2.56. The van der Waals surface area contributed by atoms with E-state index in [1.165, 1.54) is 0 Å². The van der Waals surface area contributed by atoms with Crippen molar-refractivity contribution >= 4 is 6.29 Å². The van der Waals surface area contributed by atoms with Gasteiger partial charge in [0, 0.05) is 6.42 Å². The smallest absolute Gasteiger partial charge is 0.122 e. The number of rotatable bonds is 4. The summed E-state index contributed by atoms with van der Waals surface area (Å²) < 4.78 is 0. The van der Waals surface area contributed by atoms with Gasteiger partial charge in [0.05, 0.1) is 17.1 Å². The highest BCUT2D eigenvalue weighted by Crippen LogP contribution is 2.50. The molecule has 0 aromatic heterocycles. The molecule has 0 heterocycles. The molecule has 3 nitrogen and oxygen atoms in total. The summed E-state index contributed by atoms with van der Waals surface area (Å²) in [7, 11) is 0. The van der Waals surface area contributed by atoms with Crippen molar-refractivity contribution < 1.29 is 9.90 Å². The van der Waals surface area contributed by atoms with Crippen LogP contribution >= 0.6 is 0 Å². The molecule has 3 atom stereocenters. The summed E-state index contributed by atoms with van der Waals surface area (Å²) in [4.78, 5) is 10.5. The fourth-order valence-electron chi connectivity index (χ4n) is 2.56. The van der Waals surface area contributed by atoms with Crippen molar-refractivity contribution in [1.29, 1.82) is 5.26 Å². The second-order valence-corrected chi connectivity index (χ2v) is 4.86. The Morgan fingerprint density at radius 1 is 1.73 bits per heavy atom. The van der Waals surface area contributed by atoms with Crippen LogP contribution in [0.4, 0.5) is 0 Å². The number of hydrogen-bond donors (Lipinski definition) is 1. The van der Waals surface area contributed by atoms with E-state index in [0.29, 0.717) is 18.6 Å². The molecule has 0 spiro atoms. The third-order valence-corrected chi connectivity index (χ3v) is 3.92. The van der Waals surface area contributed by atoms with Crippen molar-refractivity contribution in [3.8, 4) is 6.07 Å². The summed E-state index contributed by atoms with van der Waals surface area (Å²) in [5.74, 6) is 0.516. The maximum atomic E-state index is 10.5. The van der Waals surface area contributed by atoms with Crippen molar-refractivity contribution in [2.45, 2.75) is 51.6 Å². The third kappa shape index (κ3) is 2.05. The van der Waals surface area contributed by atoms with Crippen LogP contribution in [0.1, 0.15) is 46.0 Å². The maximum Gasteiger partial charge on any atom is 0.122 e. The van der Waals surface area contributed by atoms with E-state index in [1.807, 2.05) is 0 Å². The van der Waals surface area contributed by atoms with Gasteiger partial charge in [0.2, 0.25) is 0 Å². The first-order chi connectivity index (χ1) is 7.01. The topological polar surface area (TPSA) is 61.1 Å². The quantitative estimate of drug-likeness (QED) is 0.721. The molecule has 84 valence electrons. The molecule has 1 N–H and O–H groups in total. The SMILES string of the molecule is CCC1CCC(C#N)(C(C)(O)CC=O)C1. The maximum absolute atomic E-state index is 10.5. The van der Waals surface area contributed by atoms with Gasteiger partial charge in [0.15, 0.2) is 0 Å². The summed E-state index contributed by atoms with van der Waals surface area (Å²) in [6.07, 6.45) is 4.22. The molecule has 1 aliphatic rings. The van der Waals surface area contributed by atoms with Gasteiger partial charge < -0.3 is 9.90 Å². The Morgan fingerprint density at radius 2 is 2.40 bits per heavy atom. The number of carbonyl (C=O) groups is 1. The van der Waals surface area contributed by atoms with Crippen molar-refractivity contribution in [1.82, 2.24) is 0 Å². The van der Waals surface area contributed by atoms with Crippen molar-refractivity contribution in [3.63, 3.8) is 0 Å². The predicted octanol–water partition coefficient (Wildman–Crippen LogP) is 2.05. The highest BCUT2D eigenvalue weighted by molar-refractivity contribution is 5.52. The van der Waals surface area contributed by atoms with Gasteiger partial charge in [-0.3, -0.25) is 0 Å². The van der Waals surface area contributed by atoms with Crippen LogP contribution in [-0.4, -0.2) is 17.0 Å². The zero-order chi connectivity index (χ0) is 11.5. The van der Waals surface area contributed by atoms with E-state index in [0.717, 1.165) is 19.3 Å². The molecule has 1 aliphatic carbocycles. The predicted molar refractivity (Wildman–Crippen MR) is 57.0 cm³/mol. The third-order valence-electron chi connectivity index (χ3n) is 3.92. The van der Waals surface area contributed by atoms with E-state index < -0.39 is 11.0 Å². The minimum atomic E-state index is -1.17. The lowest BCUT2D eigenvalue weighted by Gasteiger charge is -2.36. The average Bonchev–Trinajstić information content (AvgIpc) is 2.62. The number of hydrogen-bond acceptors (Lipinski definition) is 3. The Labute approximate surface area is 91.1 Å². The highest BCUT2D eigenvalue weighted by Gasteiger charge is 2.51. The molecule has 1 rings (SSSR count). The Morgan fingerprint density at radius 3 is 2.80 bits per heavy atom. The first-order valence-corrected chi connectivity index (χ1v) is 5.58. The van der Waals surface area contributed by atoms with E-state index in [9.17, 15) is 15.2 Å². The zero-order valence-electron chi connectivity index (χ0n) is 9.49. The van der Waals surface area contributed by atoms with Crippen LogP contribution in [0.15, 0.2) is 0 Å². The number of carbonyl (C=O) groups excluding carboxylic acids is 1. The number of nitrogens with zero attached hydrogens (tertiary/aromatic N) is 1. The van der Waals surface area contributed by atoms with Gasteiger partial charge in [-0.15, -0.1) is 0 Å². The Hall–Kier alpha value is -0.880. The van der Waals surface area contributed by atoms with Gasteiger partial charge in [-0.05, 0) is 32.1 Å². The largest absolute Gasteiger partial charge is 0.388 e. The second-order valence-electron chi connectivity index (χ2n) is 4.86. The number of nitriles is 1. The lowest BCUT2D eigenvalue weighted by molar-refractivity contribution is -0.116. The van der Waals surface area contributed by atoms with Crippen LogP contribution < -0.4 is 0 Å². The second kappa shape index (κ2) is 4.32. The van der Waals surface area contributed by atoms with E-state index in [-0.39, 0.29) is 6.42 Å². The average molecular weight is 209 g/mol. The first kappa shape index (κ1) is 12.2. The van der Waals surface area contributed by atoms with Crippen LogP contribution in [0.3, 0.4) is 0 Å². The molecule has 0 aromatic carbocycles. The van der Waals surface area contributed by atoms with E-state index in [1.54, 1.807) is 6.92 Å². The van der Waals surface area contributed by atoms with Crippen molar-refractivity contribution in [3.05, 3.63) is 0 Å². The molecule has 3 unspecified atom stereocenters. The van der Waals surface area contributed by atoms with Gasteiger partial charge in [0.1, 0.15) is 6.29 Å². The standard InChI is InChI=1S/C12H19NO2/c1-3-10-4-5-12(8-10,9-13)11(2,15)6-7-14/h7,10,15H,3-6,8H2,1-2H3. The van der Waals surface area contributed by atoms with Crippen LogP contribution in [0, 0.1) is 22.7 Å². The van der Waals surface area contributed by atoms with Crippen LogP contribution in [0.2, 0.25) is 0 Å². The van der Waals surface area contributed by atoms with Crippen LogP contribution in [0.5, 0.6) is 0 Å². The van der Waals surface area contributed by atoms with E-state index >= 15 is 0 Å². The Bertz CT molecular complexity index is 280. The fraction of sp³-hybridized carbons (Fsp3) is 0.833. The van der Waals surface area contributed by atoms with Crippen LogP contribution in [0.25, 0.3) is 0 Å². The van der Waals surface area contributed by atoms with Crippen molar-refractivity contribution in [2.24, 2.45) is 11.3 Å². The Kier molecular flexibility index (Phi) is 3.51. The normalized spacial score (nSPS) is 34.4. The molecule has 0 aliphatic heterocycles. The van der Waals surface area contributed by atoms with E-state index in [2.05, 4.69) is 13.0 Å². The van der Waals surface area contributed by atoms with E-state index in [4.69, 9.17) is 0 Å². The van der Waals surface area contributed by atoms with Crippen molar-refractivity contribution in [2.75, 3.05) is 0 Å². The molecule has 0 radical (unpaired) electrons. The first-order valence-electron chi connectivity index (χ1n) is 5.58. The minimum Gasteiger partial charge on any atom is -0.388 e. The molecular weight excluding hydrogens is 190 g/mol. The summed E-state index contributed by atoms with van der Waals surface area (Å²) in [5.41, 5.74) is -1.89. The number of aliphatic hydroxyl groups is 1. The minimum absolute atomic E-state index is 0.0526. The lowest BCUT2D eigenvalue weighted by atomic mass is 9.70. The lowest BCUT2D eigenvalue weighted by Crippen LogP contribution is -2.43. The summed E-state index contributed by atoms with van der Waals surface area (Å²) >= 11 is 0. The summed E-state index contributed by atoms with van der Waals surface area (Å²) in [6.45, 7) is 3.72. The van der Waals surface area contributed by atoms with Gasteiger partial charge >= 0.3 is 0 Å². The molecule has 0 saturated heterocycles.